The van der Waals surface area contributed by atoms with Gasteiger partial charge in [0, 0.05) is 0 Å². The topological polar surface area (TPSA) is 21.6 Å². The second kappa shape index (κ2) is 4.29. The van der Waals surface area contributed by atoms with Crippen molar-refractivity contribution in [3.63, 3.8) is 0 Å². The molecular weight excluding hydrogens is 217 g/mol. The number of benzene rings is 1. The Morgan fingerprint density at radius 3 is 2.33 bits per heavy atom. The van der Waals surface area contributed by atoms with Gasteiger partial charge in [0.15, 0.2) is 0 Å². The summed E-state index contributed by atoms with van der Waals surface area (Å²) in [7, 11) is 1.65. The molecule has 0 aliphatic carbocycles. The molecule has 0 N–H and O–H groups in total. The van der Waals surface area contributed by atoms with E-state index in [2.05, 4.69) is 21.0 Å². The van der Waals surface area contributed by atoms with Crippen molar-refractivity contribution < 1.29 is 4.74 Å². The number of ether oxygens (including phenoxy) is 1. The molecule has 1 aromatic carbocycles. The summed E-state index contributed by atoms with van der Waals surface area (Å²) < 4.78 is 5.95. The number of aliphatic imine (C=N–C) groups is 1. The minimum absolute atomic E-state index is 0.853. The summed E-state index contributed by atoms with van der Waals surface area (Å²) in [5.41, 5.74) is 0.937. The van der Waals surface area contributed by atoms with Crippen LogP contribution in [0.4, 0.5) is 5.69 Å². The van der Waals surface area contributed by atoms with Crippen molar-refractivity contribution in [3.8, 4) is 5.75 Å². The standard InChI is InChI=1S/C9H10NOSe/c1-7(12)10-8-3-5-9(11-2)6-4-8/h3-6H,1-2H3. The summed E-state index contributed by atoms with van der Waals surface area (Å²) in [6.45, 7) is 1.92. The van der Waals surface area contributed by atoms with Crippen LogP contribution in [0.15, 0.2) is 29.3 Å². The summed E-state index contributed by atoms with van der Waals surface area (Å²) in [6, 6.07) is 7.61. The first-order valence-electron chi connectivity index (χ1n) is 3.59. The molecule has 0 spiro atoms. The van der Waals surface area contributed by atoms with Crippen molar-refractivity contribution in [2.75, 3.05) is 7.11 Å². The molecule has 1 radical (unpaired) electrons. The van der Waals surface area contributed by atoms with E-state index in [1.54, 1.807) is 7.11 Å². The van der Waals surface area contributed by atoms with E-state index in [9.17, 15) is 0 Å². The van der Waals surface area contributed by atoms with Crippen LogP contribution in [0, 0.1) is 0 Å². The van der Waals surface area contributed by atoms with Gasteiger partial charge in [0.1, 0.15) is 0 Å². The second-order valence-corrected chi connectivity index (χ2v) is 3.57. The normalized spacial score (nSPS) is 11.3. The Morgan fingerprint density at radius 1 is 1.33 bits per heavy atom. The molecule has 1 rings (SSSR count). The maximum absolute atomic E-state index is 5.02. The zero-order chi connectivity index (χ0) is 8.97. The fourth-order valence-electron chi connectivity index (χ4n) is 0.839. The third kappa shape index (κ3) is 2.68. The fraction of sp³-hybridized carbons (Fsp3) is 0.222. The van der Waals surface area contributed by atoms with Gasteiger partial charge < -0.3 is 0 Å². The van der Waals surface area contributed by atoms with Gasteiger partial charge in [0.05, 0.1) is 0 Å². The molecule has 0 saturated heterocycles. The predicted octanol–water partition coefficient (Wildman–Crippen LogP) is 1.91. The van der Waals surface area contributed by atoms with Crippen molar-refractivity contribution in [3.05, 3.63) is 24.3 Å². The molecule has 12 heavy (non-hydrogen) atoms. The van der Waals surface area contributed by atoms with Crippen LogP contribution in [0.3, 0.4) is 0 Å². The van der Waals surface area contributed by atoms with Crippen molar-refractivity contribution in [1.29, 1.82) is 0 Å². The first kappa shape index (κ1) is 9.30. The Balaban J connectivity index is 2.85. The summed E-state index contributed by atoms with van der Waals surface area (Å²) in [4.78, 5) is 4.24. The molecule has 0 bridgehead atoms. The number of hydrogen-bond donors (Lipinski definition) is 0. The van der Waals surface area contributed by atoms with Gasteiger partial charge in [0.2, 0.25) is 0 Å². The molecule has 0 heterocycles. The number of rotatable bonds is 2. The van der Waals surface area contributed by atoms with E-state index in [1.165, 1.54) is 0 Å². The van der Waals surface area contributed by atoms with Crippen LogP contribution >= 0.6 is 0 Å². The molecule has 0 amide bonds. The monoisotopic (exact) mass is 228 g/mol. The van der Waals surface area contributed by atoms with Crippen LogP contribution in [0.5, 0.6) is 5.75 Å². The molecule has 0 aromatic heterocycles. The zero-order valence-electron chi connectivity index (χ0n) is 7.07. The average Bonchev–Trinajstić information content (AvgIpc) is 2.05. The predicted molar refractivity (Wildman–Crippen MR) is 51.5 cm³/mol. The Labute approximate surface area is 80.5 Å². The van der Waals surface area contributed by atoms with Crippen molar-refractivity contribution >= 4 is 26.3 Å². The van der Waals surface area contributed by atoms with E-state index in [0.29, 0.717) is 0 Å². The molecule has 3 heteroatoms. The Hall–Kier alpha value is -0.791. The first-order valence-corrected chi connectivity index (χ1v) is 4.44. The van der Waals surface area contributed by atoms with Crippen LogP contribution in [-0.4, -0.2) is 27.7 Å². The van der Waals surface area contributed by atoms with E-state index >= 15 is 0 Å². The SMILES string of the molecule is COc1ccc(N=C(C)[Se])cc1. The zero-order valence-corrected chi connectivity index (χ0v) is 8.79. The van der Waals surface area contributed by atoms with Crippen LogP contribution in [0.25, 0.3) is 0 Å². The van der Waals surface area contributed by atoms with Crippen molar-refractivity contribution in [2.45, 2.75) is 6.92 Å². The molecule has 0 unspecified atom stereocenters. The molecule has 0 aliphatic heterocycles. The van der Waals surface area contributed by atoms with Crippen molar-refractivity contribution in [2.24, 2.45) is 4.99 Å². The van der Waals surface area contributed by atoms with Gasteiger partial charge in [-0.25, -0.2) is 0 Å². The third-order valence-electron chi connectivity index (χ3n) is 1.36. The van der Waals surface area contributed by atoms with Crippen molar-refractivity contribution in [1.82, 2.24) is 0 Å². The number of hydrogen-bond acceptors (Lipinski definition) is 2. The Morgan fingerprint density at radius 2 is 1.92 bits per heavy atom. The molecule has 63 valence electrons. The second-order valence-electron chi connectivity index (χ2n) is 2.33. The van der Waals surface area contributed by atoms with Gasteiger partial charge in [-0.3, -0.25) is 0 Å². The quantitative estimate of drug-likeness (QED) is 0.558. The molecule has 2 nitrogen and oxygen atoms in total. The molecular formula is C9H10NOSe. The van der Waals surface area contributed by atoms with Gasteiger partial charge >= 0.3 is 80.1 Å². The van der Waals surface area contributed by atoms with Crippen LogP contribution in [-0.2, 0) is 0 Å². The van der Waals surface area contributed by atoms with Crippen LogP contribution in [0.2, 0.25) is 0 Å². The summed E-state index contributed by atoms with van der Waals surface area (Å²) in [5, 5.41) is 0. The van der Waals surface area contributed by atoms with Gasteiger partial charge in [-0.2, -0.15) is 0 Å². The molecule has 1 aromatic rings. The number of nitrogens with zero attached hydrogens (tertiary/aromatic N) is 1. The fourth-order valence-corrected chi connectivity index (χ4v) is 1.06. The van der Waals surface area contributed by atoms with E-state index in [-0.39, 0.29) is 0 Å². The third-order valence-corrected chi connectivity index (χ3v) is 1.55. The molecule has 0 fully saturated rings. The van der Waals surface area contributed by atoms with E-state index in [4.69, 9.17) is 4.74 Å². The summed E-state index contributed by atoms with van der Waals surface area (Å²) in [6.07, 6.45) is 0. The molecule has 0 saturated carbocycles. The molecule has 0 atom stereocenters. The van der Waals surface area contributed by atoms with Gasteiger partial charge in [-0.15, -0.1) is 0 Å². The van der Waals surface area contributed by atoms with E-state index < -0.39 is 0 Å². The Bertz CT molecular complexity index is 275. The minimum atomic E-state index is 0.853. The van der Waals surface area contributed by atoms with Gasteiger partial charge in [0.25, 0.3) is 0 Å². The first-order chi connectivity index (χ1) is 5.72. The average molecular weight is 227 g/mol. The van der Waals surface area contributed by atoms with Gasteiger partial charge in [-0.1, -0.05) is 0 Å². The maximum atomic E-state index is 5.02. The van der Waals surface area contributed by atoms with Crippen LogP contribution < -0.4 is 4.74 Å². The number of methoxy groups -OCH3 is 1. The summed E-state index contributed by atoms with van der Waals surface area (Å²) in [5.74, 6) is 0.853. The Kier molecular flexibility index (Phi) is 3.32. The summed E-state index contributed by atoms with van der Waals surface area (Å²) >= 11 is 2.84. The van der Waals surface area contributed by atoms with E-state index in [1.807, 2.05) is 31.2 Å². The van der Waals surface area contributed by atoms with Crippen LogP contribution in [0.1, 0.15) is 6.92 Å². The van der Waals surface area contributed by atoms with E-state index in [0.717, 1.165) is 16.0 Å². The molecule has 0 aliphatic rings. The van der Waals surface area contributed by atoms with Gasteiger partial charge in [-0.05, 0) is 0 Å².